The fraction of sp³-hybridized carbons (Fsp3) is 0.0476. The molecule has 0 aliphatic carbocycles. The van der Waals surface area contributed by atoms with E-state index < -0.39 is 0 Å². The van der Waals surface area contributed by atoms with Crippen LogP contribution in [0.2, 0.25) is 0 Å². The van der Waals surface area contributed by atoms with Crippen molar-refractivity contribution in [3.63, 3.8) is 0 Å². The van der Waals surface area contributed by atoms with Gasteiger partial charge in [0, 0.05) is 17.4 Å². The Bertz CT molecular complexity index is 947. The number of rotatable bonds is 0. The Balaban J connectivity index is 1.94. The van der Waals surface area contributed by atoms with Gasteiger partial charge in [-0.1, -0.05) is 66.7 Å². The third-order valence-electron chi connectivity index (χ3n) is 4.54. The second-order valence-corrected chi connectivity index (χ2v) is 5.79. The zero-order valence-electron chi connectivity index (χ0n) is 12.0. The van der Waals surface area contributed by atoms with E-state index in [1.54, 1.807) is 0 Å². The zero-order valence-corrected chi connectivity index (χ0v) is 12.0. The van der Waals surface area contributed by atoms with Gasteiger partial charge in [-0.2, -0.15) is 0 Å². The van der Waals surface area contributed by atoms with Crippen molar-refractivity contribution in [3.8, 4) is 11.5 Å². The lowest BCUT2D eigenvalue weighted by Crippen LogP contribution is -2.04. The Morgan fingerprint density at radius 3 is 2.00 bits per heavy atom. The lowest BCUT2D eigenvalue weighted by Gasteiger charge is -2.23. The molecule has 1 aliphatic rings. The quantitative estimate of drug-likeness (QED) is 0.331. The standard InChI is InChI=1S/C21H14O/c1-6-12-20-14(7-1)13-19-17-10-3-2-8-15(17)16-9-4-5-11-18(16)21(19)22-20/h1-12H,13H2. The summed E-state index contributed by atoms with van der Waals surface area (Å²) in [4.78, 5) is 0. The molecule has 0 N–H and O–H groups in total. The summed E-state index contributed by atoms with van der Waals surface area (Å²) < 4.78 is 6.30. The van der Waals surface area contributed by atoms with Gasteiger partial charge < -0.3 is 4.74 Å². The summed E-state index contributed by atoms with van der Waals surface area (Å²) in [5.41, 5.74) is 2.56. The molecule has 104 valence electrons. The van der Waals surface area contributed by atoms with Crippen LogP contribution in [0.4, 0.5) is 0 Å². The van der Waals surface area contributed by atoms with E-state index in [0.29, 0.717) is 0 Å². The molecule has 5 rings (SSSR count). The first-order chi connectivity index (χ1) is 10.9. The molecule has 4 aromatic rings. The molecule has 0 amide bonds. The predicted molar refractivity (Wildman–Crippen MR) is 90.8 cm³/mol. The summed E-state index contributed by atoms with van der Waals surface area (Å²) in [7, 11) is 0. The minimum Gasteiger partial charge on any atom is -0.456 e. The van der Waals surface area contributed by atoms with Crippen molar-refractivity contribution in [1.82, 2.24) is 0 Å². The summed E-state index contributed by atoms with van der Waals surface area (Å²) in [6.45, 7) is 0. The molecule has 0 saturated carbocycles. The lowest BCUT2D eigenvalue weighted by molar-refractivity contribution is 0.467. The molecule has 0 fully saturated rings. The van der Waals surface area contributed by atoms with E-state index in [1.165, 1.54) is 32.7 Å². The fourth-order valence-electron chi connectivity index (χ4n) is 3.52. The second kappa shape index (κ2) is 4.35. The second-order valence-electron chi connectivity index (χ2n) is 5.79. The van der Waals surface area contributed by atoms with Crippen LogP contribution in [-0.2, 0) is 6.42 Å². The van der Waals surface area contributed by atoms with Crippen LogP contribution in [0.5, 0.6) is 11.5 Å². The molecule has 0 bridgehead atoms. The topological polar surface area (TPSA) is 9.23 Å². The van der Waals surface area contributed by atoms with Crippen molar-refractivity contribution in [3.05, 3.63) is 83.9 Å². The van der Waals surface area contributed by atoms with E-state index in [-0.39, 0.29) is 0 Å². The van der Waals surface area contributed by atoms with E-state index >= 15 is 0 Å². The zero-order chi connectivity index (χ0) is 14.5. The average Bonchev–Trinajstić information content (AvgIpc) is 2.61. The molecular weight excluding hydrogens is 268 g/mol. The third kappa shape index (κ3) is 1.54. The lowest BCUT2D eigenvalue weighted by atomic mass is 9.90. The minimum absolute atomic E-state index is 0.927. The molecule has 4 aromatic carbocycles. The Morgan fingerprint density at radius 2 is 1.18 bits per heavy atom. The van der Waals surface area contributed by atoms with Crippen LogP contribution in [-0.4, -0.2) is 0 Å². The average molecular weight is 282 g/mol. The number of hydrogen-bond acceptors (Lipinski definition) is 1. The number of hydrogen-bond donors (Lipinski definition) is 0. The molecule has 0 aromatic heterocycles. The molecule has 0 radical (unpaired) electrons. The van der Waals surface area contributed by atoms with Gasteiger partial charge in [0.1, 0.15) is 11.5 Å². The molecule has 1 heteroatoms. The van der Waals surface area contributed by atoms with Crippen LogP contribution in [0.1, 0.15) is 11.1 Å². The monoisotopic (exact) mass is 282 g/mol. The first-order valence-electron chi connectivity index (χ1n) is 7.60. The first kappa shape index (κ1) is 11.8. The highest BCUT2D eigenvalue weighted by atomic mass is 16.5. The first-order valence-corrected chi connectivity index (χ1v) is 7.60. The van der Waals surface area contributed by atoms with E-state index in [0.717, 1.165) is 17.9 Å². The van der Waals surface area contributed by atoms with Gasteiger partial charge in [-0.25, -0.2) is 0 Å². The fourth-order valence-corrected chi connectivity index (χ4v) is 3.52. The molecule has 0 spiro atoms. The molecule has 1 heterocycles. The molecule has 22 heavy (non-hydrogen) atoms. The predicted octanol–water partition coefficient (Wildman–Crippen LogP) is 5.69. The smallest absolute Gasteiger partial charge is 0.139 e. The number of para-hydroxylation sites is 1. The molecule has 0 unspecified atom stereocenters. The summed E-state index contributed by atoms with van der Waals surface area (Å²) in [6, 6.07) is 25.5. The summed E-state index contributed by atoms with van der Waals surface area (Å²) in [5.74, 6) is 2.00. The highest BCUT2D eigenvalue weighted by Gasteiger charge is 2.21. The minimum atomic E-state index is 0.927. The van der Waals surface area contributed by atoms with E-state index in [4.69, 9.17) is 4.74 Å². The number of ether oxygens (including phenoxy) is 1. The molecular formula is C21H14O. The molecule has 0 atom stereocenters. The Hall–Kier alpha value is -2.80. The van der Waals surface area contributed by atoms with Gasteiger partial charge in [-0.05, 0) is 27.8 Å². The van der Waals surface area contributed by atoms with Gasteiger partial charge >= 0.3 is 0 Å². The highest BCUT2D eigenvalue weighted by molar-refractivity contribution is 6.12. The van der Waals surface area contributed by atoms with Gasteiger partial charge in [-0.3, -0.25) is 0 Å². The van der Waals surface area contributed by atoms with Crippen LogP contribution in [0.25, 0.3) is 21.5 Å². The Morgan fingerprint density at radius 1 is 0.591 bits per heavy atom. The SMILES string of the molecule is c1ccc2c(c1)Cc1c(c3ccccc3c3ccccc13)O2. The van der Waals surface area contributed by atoms with Gasteiger partial charge in [0.2, 0.25) is 0 Å². The van der Waals surface area contributed by atoms with Crippen LogP contribution >= 0.6 is 0 Å². The van der Waals surface area contributed by atoms with E-state index in [2.05, 4.69) is 66.7 Å². The van der Waals surface area contributed by atoms with Gasteiger partial charge in [0.25, 0.3) is 0 Å². The summed E-state index contributed by atoms with van der Waals surface area (Å²) in [6.07, 6.45) is 0.927. The maximum Gasteiger partial charge on any atom is 0.139 e. The normalized spacial score (nSPS) is 12.7. The van der Waals surface area contributed by atoms with Crippen molar-refractivity contribution >= 4 is 21.5 Å². The van der Waals surface area contributed by atoms with Gasteiger partial charge in [-0.15, -0.1) is 0 Å². The summed E-state index contributed by atoms with van der Waals surface area (Å²) >= 11 is 0. The van der Waals surface area contributed by atoms with Crippen LogP contribution < -0.4 is 4.74 Å². The van der Waals surface area contributed by atoms with E-state index in [9.17, 15) is 0 Å². The van der Waals surface area contributed by atoms with Crippen LogP contribution in [0.3, 0.4) is 0 Å². The highest BCUT2D eigenvalue weighted by Crippen LogP contribution is 2.45. The summed E-state index contributed by atoms with van der Waals surface area (Å²) in [5, 5.41) is 5.06. The Labute approximate surface area is 128 Å². The van der Waals surface area contributed by atoms with Crippen molar-refractivity contribution in [2.45, 2.75) is 6.42 Å². The maximum atomic E-state index is 6.30. The van der Waals surface area contributed by atoms with Crippen molar-refractivity contribution < 1.29 is 4.74 Å². The molecule has 1 nitrogen and oxygen atoms in total. The van der Waals surface area contributed by atoms with Crippen LogP contribution in [0, 0.1) is 0 Å². The third-order valence-corrected chi connectivity index (χ3v) is 4.54. The largest absolute Gasteiger partial charge is 0.456 e. The van der Waals surface area contributed by atoms with Crippen LogP contribution in [0.15, 0.2) is 72.8 Å². The van der Waals surface area contributed by atoms with Gasteiger partial charge in [0.15, 0.2) is 0 Å². The number of benzene rings is 4. The maximum absolute atomic E-state index is 6.30. The van der Waals surface area contributed by atoms with Crippen molar-refractivity contribution in [2.24, 2.45) is 0 Å². The van der Waals surface area contributed by atoms with Crippen molar-refractivity contribution in [2.75, 3.05) is 0 Å². The molecule has 1 aliphatic heterocycles. The van der Waals surface area contributed by atoms with Crippen molar-refractivity contribution in [1.29, 1.82) is 0 Å². The molecule has 0 saturated heterocycles. The Kier molecular flexibility index (Phi) is 2.33. The number of fused-ring (bicyclic) bond motifs is 7. The van der Waals surface area contributed by atoms with Gasteiger partial charge in [0.05, 0.1) is 0 Å². The van der Waals surface area contributed by atoms with E-state index in [1.807, 2.05) is 6.07 Å².